The first-order valence-corrected chi connectivity index (χ1v) is 8.90. The molecule has 1 saturated heterocycles. The van der Waals surface area contributed by atoms with Gasteiger partial charge in [0, 0.05) is 30.9 Å². The van der Waals surface area contributed by atoms with Crippen LogP contribution in [0.2, 0.25) is 0 Å². The maximum absolute atomic E-state index is 4.83. The molecule has 0 unspecified atom stereocenters. The highest BCUT2D eigenvalue weighted by molar-refractivity contribution is 5.46. The third-order valence-electron chi connectivity index (χ3n) is 4.92. The van der Waals surface area contributed by atoms with Gasteiger partial charge in [-0.05, 0) is 48.6 Å². The molecule has 0 bridgehead atoms. The zero-order chi connectivity index (χ0) is 17.4. The lowest BCUT2D eigenvalue weighted by Crippen LogP contribution is -2.34. The van der Waals surface area contributed by atoms with Crippen molar-refractivity contribution >= 4 is 11.5 Å². The van der Waals surface area contributed by atoms with Crippen LogP contribution in [0.4, 0.5) is 5.82 Å². The van der Waals surface area contributed by atoms with Gasteiger partial charge >= 0.3 is 0 Å². The predicted octanol–water partition coefficient (Wildman–Crippen LogP) is 3.20. The van der Waals surface area contributed by atoms with Crippen molar-refractivity contribution in [1.82, 2.24) is 24.8 Å². The van der Waals surface area contributed by atoms with Crippen LogP contribution < -0.4 is 4.90 Å². The van der Waals surface area contributed by atoms with Gasteiger partial charge in [-0.25, -0.2) is 0 Å². The molecule has 0 spiro atoms. The lowest BCUT2D eigenvalue weighted by atomic mass is 9.90. The van der Waals surface area contributed by atoms with Gasteiger partial charge in [0.2, 0.25) is 0 Å². The standard InChI is InChI=1S/C19H24N6/c1-19(2,3)18-22-21-16-4-5-17(23-25(16)18)24-12-8-15(9-13-24)14-6-10-20-11-7-14/h4-7,10-11,15H,8-9,12-13H2,1-3H3. The van der Waals surface area contributed by atoms with Crippen molar-refractivity contribution in [3.05, 3.63) is 48.0 Å². The summed E-state index contributed by atoms with van der Waals surface area (Å²) in [5.74, 6) is 2.52. The van der Waals surface area contributed by atoms with E-state index in [1.165, 1.54) is 5.56 Å². The summed E-state index contributed by atoms with van der Waals surface area (Å²) in [4.78, 5) is 6.48. The molecule has 3 aromatic rings. The Morgan fingerprint density at radius 3 is 2.36 bits per heavy atom. The fourth-order valence-corrected chi connectivity index (χ4v) is 3.49. The van der Waals surface area contributed by atoms with E-state index in [1.807, 2.05) is 23.0 Å². The number of nitrogens with zero attached hydrogens (tertiary/aromatic N) is 6. The topological polar surface area (TPSA) is 59.2 Å². The maximum atomic E-state index is 4.83. The summed E-state index contributed by atoms with van der Waals surface area (Å²) in [5, 5.41) is 13.4. The molecular formula is C19H24N6. The SMILES string of the molecule is CC(C)(C)c1nnc2ccc(N3CCC(c4ccncc4)CC3)nn12. The maximum Gasteiger partial charge on any atom is 0.178 e. The van der Waals surface area contributed by atoms with E-state index in [4.69, 9.17) is 5.10 Å². The monoisotopic (exact) mass is 336 g/mol. The molecule has 0 amide bonds. The Morgan fingerprint density at radius 1 is 0.960 bits per heavy atom. The van der Waals surface area contributed by atoms with E-state index >= 15 is 0 Å². The van der Waals surface area contributed by atoms with Gasteiger partial charge in [-0.2, -0.15) is 4.52 Å². The molecule has 25 heavy (non-hydrogen) atoms. The number of anilines is 1. The number of hydrogen-bond acceptors (Lipinski definition) is 5. The molecule has 0 aromatic carbocycles. The van der Waals surface area contributed by atoms with E-state index in [-0.39, 0.29) is 5.41 Å². The van der Waals surface area contributed by atoms with Gasteiger partial charge in [0.05, 0.1) is 0 Å². The second-order valence-corrected chi connectivity index (χ2v) is 7.78. The third-order valence-corrected chi connectivity index (χ3v) is 4.92. The third kappa shape index (κ3) is 3.08. The molecule has 0 N–H and O–H groups in total. The molecule has 1 fully saturated rings. The van der Waals surface area contributed by atoms with Crippen LogP contribution in [0.25, 0.3) is 5.65 Å². The molecule has 1 aliphatic heterocycles. The number of aromatic nitrogens is 5. The van der Waals surface area contributed by atoms with Crippen LogP contribution in [0.5, 0.6) is 0 Å². The van der Waals surface area contributed by atoms with Crippen molar-refractivity contribution in [1.29, 1.82) is 0 Å². The van der Waals surface area contributed by atoms with E-state index < -0.39 is 0 Å². The van der Waals surface area contributed by atoms with Gasteiger partial charge in [0.25, 0.3) is 0 Å². The highest BCUT2D eigenvalue weighted by Gasteiger charge is 2.24. The molecule has 3 aromatic heterocycles. The fraction of sp³-hybridized carbons (Fsp3) is 0.474. The van der Waals surface area contributed by atoms with Crippen LogP contribution in [0, 0.1) is 0 Å². The minimum absolute atomic E-state index is 0.0839. The number of hydrogen-bond donors (Lipinski definition) is 0. The first-order chi connectivity index (χ1) is 12.0. The molecule has 130 valence electrons. The molecule has 4 heterocycles. The number of rotatable bonds is 2. The van der Waals surface area contributed by atoms with Gasteiger partial charge in [-0.15, -0.1) is 15.3 Å². The summed E-state index contributed by atoms with van der Waals surface area (Å²) >= 11 is 0. The zero-order valence-electron chi connectivity index (χ0n) is 15.1. The summed E-state index contributed by atoms with van der Waals surface area (Å²) < 4.78 is 1.89. The normalized spacial score (nSPS) is 16.5. The number of pyridine rings is 1. The molecule has 0 atom stereocenters. The molecule has 0 radical (unpaired) electrons. The first kappa shape index (κ1) is 16.0. The molecule has 1 aliphatic rings. The number of piperidine rings is 1. The van der Waals surface area contributed by atoms with Gasteiger partial charge in [-0.3, -0.25) is 4.98 Å². The average molecular weight is 336 g/mol. The highest BCUT2D eigenvalue weighted by atomic mass is 15.4. The molecule has 0 saturated carbocycles. The quantitative estimate of drug-likeness (QED) is 0.719. The minimum Gasteiger partial charge on any atom is -0.355 e. The second-order valence-electron chi connectivity index (χ2n) is 7.78. The lowest BCUT2D eigenvalue weighted by molar-refractivity contribution is 0.496. The zero-order valence-corrected chi connectivity index (χ0v) is 15.1. The Bertz CT molecular complexity index is 857. The van der Waals surface area contributed by atoms with Gasteiger partial charge < -0.3 is 4.90 Å². The second kappa shape index (κ2) is 6.10. The van der Waals surface area contributed by atoms with Crippen LogP contribution in [0.15, 0.2) is 36.7 Å². The summed E-state index contributed by atoms with van der Waals surface area (Å²) in [6.07, 6.45) is 6.05. The van der Waals surface area contributed by atoms with Crippen LogP contribution >= 0.6 is 0 Å². The molecule has 4 rings (SSSR count). The molecule has 6 heteroatoms. The Labute approximate surface area is 147 Å². The number of fused-ring (bicyclic) bond motifs is 1. The van der Waals surface area contributed by atoms with Crippen LogP contribution in [-0.2, 0) is 5.41 Å². The highest BCUT2D eigenvalue weighted by Crippen LogP contribution is 2.30. The Hall–Kier alpha value is -2.50. The van der Waals surface area contributed by atoms with Gasteiger partial charge in [0.1, 0.15) is 5.82 Å². The average Bonchev–Trinajstić information content (AvgIpc) is 3.06. The van der Waals surface area contributed by atoms with Crippen LogP contribution in [-0.4, -0.2) is 37.9 Å². The lowest BCUT2D eigenvalue weighted by Gasteiger charge is -2.33. The van der Waals surface area contributed by atoms with Crippen LogP contribution in [0.1, 0.15) is 50.9 Å². The Balaban J connectivity index is 1.55. The van der Waals surface area contributed by atoms with E-state index in [1.54, 1.807) is 0 Å². The first-order valence-electron chi connectivity index (χ1n) is 8.90. The van der Waals surface area contributed by atoms with Crippen molar-refractivity contribution in [3.8, 4) is 0 Å². The fourth-order valence-electron chi connectivity index (χ4n) is 3.49. The summed E-state index contributed by atoms with van der Waals surface area (Å²) in [6.45, 7) is 8.44. The predicted molar refractivity (Wildman–Crippen MR) is 97.9 cm³/mol. The van der Waals surface area contributed by atoms with Gasteiger partial charge in [0.15, 0.2) is 11.5 Å². The van der Waals surface area contributed by atoms with Crippen molar-refractivity contribution in [2.45, 2.75) is 44.9 Å². The molecule has 0 aliphatic carbocycles. The summed E-state index contributed by atoms with van der Waals surface area (Å²) in [6, 6.07) is 8.34. The van der Waals surface area contributed by atoms with Crippen molar-refractivity contribution < 1.29 is 0 Å². The van der Waals surface area contributed by atoms with E-state index in [0.29, 0.717) is 5.92 Å². The van der Waals surface area contributed by atoms with Gasteiger partial charge in [-0.1, -0.05) is 20.8 Å². The largest absolute Gasteiger partial charge is 0.355 e. The van der Waals surface area contributed by atoms with Crippen molar-refractivity contribution in [2.24, 2.45) is 0 Å². The van der Waals surface area contributed by atoms with Crippen LogP contribution in [0.3, 0.4) is 0 Å². The molecular weight excluding hydrogens is 312 g/mol. The summed E-state index contributed by atoms with van der Waals surface area (Å²) in [7, 11) is 0. The van der Waals surface area contributed by atoms with E-state index in [9.17, 15) is 0 Å². The Kier molecular flexibility index (Phi) is 3.90. The van der Waals surface area contributed by atoms with Crippen molar-refractivity contribution in [2.75, 3.05) is 18.0 Å². The summed E-state index contributed by atoms with van der Waals surface area (Å²) in [5.41, 5.74) is 2.12. The smallest absolute Gasteiger partial charge is 0.178 e. The van der Waals surface area contributed by atoms with E-state index in [2.05, 4.69) is 59.1 Å². The van der Waals surface area contributed by atoms with Crippen molar-refractivity contribution in [3.63, 3.8) is 0 Å². The minimum atomic E-state index is -0.0839. The molecule has 6 nitrogen and oxygen atoms in total. The van der Waals surface area contributed by atoms with E-state index in [0.717, 1.165) is 43.2 Å². The Morgan fingerprint density at radius 2 is 1.68 bits per heavy atom.